The Hall–Kier alpha value is -3.06. The van der Waals surface area contributed by atoms with Crippen molar-refractivity contribution >= 4 is 21.4 Å². The van der Waals surface area contributed by atoms with Crippen LogP contribution in [0.5, 0.6) is 0 Å². The molecular formula is C28H32N2O4S. The van der Waals surface area contributed by atoms with Crippen molar-refractivity contribution in [2.75, 3.05) is 18.0 Å². The van der Waals surface area contributed by atoms with Crippen LogP contribution >= 0.6 is 0 Å². The van der Waals surface area contributed by atoms with Crippen molar-refractivity contribution in [2.24, 2.45) is 0 Å². The van der Waals surface area contributed by atoms with Gasteiger partial charge in [0.1, 0.15) is 17.6 Å². The molecule has 1 N–H and O–H groups in total. The van der Waals surface area contributed by atoms with Gasteiger partial charge in [0.25, 0.3) is 0 Å². The van der Waals surface area contributed by atoms with Gasteiger partial charge in [0.05, 0.1) is 17.9 Å². The van der Waals surface area contributed by atoms with E-state index in [-0.39, 0.29) is 23.8 Å². The number of amides is 1. The van der Waals surface area contributed by atoms with Gasteiger partial charge in [-0.15, -0.1) is 0 Å². The maximum absolute atomic E-state index is 13.3. The minimum Gasteiger partial charge on any atom is -0.464 e. The molecule has 2 aromatic carbocycles. The fourth-order valence-corrected chi connectivity index (χ4v) is 6.80. The number of hydrogen-bond acceptors (Lipinski definition) is 5. The van der Waals surface area contributed by atoms with Crippen LogP contribution in [0, 0.1) is 13.8 Å². The van der Waals surface area contributed by atoms with Crippen LogP contribution in [-0.4, -0.2) is 27.4 Å². The molecule has 0 bridgehead atoms. The van der Waals surface area contributed by atoms with Crippen LogP contribution in [0.3, 0.4) is 0 Å². The van der Waals surface area contributed by atoms with Crippen LogP contribution in [0.15, 0.2) is 52.9 Å². The van der Waals surface area contributed by atoms with Crippen LogP contribution in [0.1, 0.15) is 64.6 Å². The summed E-state index contributed by atoms with van der Waals surface area (Å²) in [5, 5.41) is 3.22. The van der Waals surface area contributed by atoms with Gasteiger partial charge < -0.3 is 14.6 Å². The van der Waals surface area contributed by atoms with Crippen LogP contribution in [0.4, 0.5) is 5.69 Å². The number of furan rings is 1. The average Bonchev–Trinajstić information content (AvgIpc) is 3.39. The molecule has 0 saturated carbocycles. The molecule has 2 aliphatic heterocycles. The summed E-state index contributed by atoms with van der Waals surface area (Å²) >= 11 is 0. The Bertz CT molecular complexity index is 1350. The number of nitrogens with zero attached hydrogens (tertiary/aromatic N) is 1. The van der Waals surface area contributed by atoms with Gasteiger partial charge in [-0.2, -0.15) is 0 Å². The number of rotatable bonds is 6. The number of nitrogens with one attached hydrogen (secondary N) is 1. The molecule has 5 rings (SSSR count). The molecule has 1 unspecified atom stereocenters. The zero-order chi connectivity index (χ0) is 24.6. The summed E-state index contributed by atoms with van der Waals surface area (Å²) < 4.78 is 30.0. The van der Waals surface area contributed by atoms with Gasteiger partial charge in [0.2, 0.25) is 5.91 Å². The fraction of sp³-hybridized carbons (Fsp3) is 0.393. The highest BCUT2D eigenvalue weighted by molar-refractivity contribution is 7.90. The summed E-state index contributed by atoms with van der Waals surface area (Å²) in [5.41, 5.74) is 5.81. The molecule has 1 saturated heterocycles. The number of hydrogen-bond donors (Lipinski definition) is 1. The normalized spacial score (nSPS) is 17.7. The van der Waals surface area contributed by atoms with Crippen LogP contribution in [0.25, 0.3) is 0 Å². The van der Waals surface area contributed by atoms with Crippen molar-refractivity contribution in [2.45, 2.75) is 57.1 Å². The highest BCUT2D eigenvalue weighted by Gasteiger charge is 2.27. The number of carbonyl (C=O) groups is 1. The molecule has 0 spiro atoms. The molecule has 1 atom stereocenters. The Labute approximate surface area is 207 Å². The molecule has 6 nitrogen and oxygen atoms in total. The fourth-order valence-electron chi connectivity index (χ4n) is 5.20. The van der Waals surface area contributed by atoms with Crippen LogP contribution < -0.4 is 10.2 Å². The number of fused-ring (bicyclic) bond motifs is 1. The second kappa shape index (κ2) is 9.53. The Morgan fingerprint density at radius 3 is 2.49 bits per heavy atom. The maximum atomic E-state index is 13.3. The second-order valence-corrected chi connectivity index (χ2v) is 11.9. The van der Waals surface area contributed by atoms with Gasteiger partial charge >= 0.3 is 0 Å². The van der Waals surface area contributed by atoms with E-state index >= 15 is 0 Å². The predicted molar refractivity (Wildman–Crippen MR) is 137 cm³/mol. The quantitative estimate of drug-likeness (QED) is 0.537. The van der Waals surface area contributed by atoms with Crippen molar-refractivity contribution in [1.82, 2.24) is 5.32 Å². The van der Waals surface area contributed by atoms with Gasteiger partial charge in [-0.25, -0.2) is 8.42 Å². The Morgan fingerprint density at radius 1 is 0.971 bits per heavy atom. The number of sulfone groups is 1. The van der Waals surface area contributed by atoms with Crippen molar-refractivity contribution in [1.29, 1.82) is 0 Å². The topological polar surface area (TPSA) is 79.6 Å². The van der Waals surface area contributed by atoms with Gasteiger partial charge in [-0.05, 0) is 73.6 Å². The third-order valence-corrected chi connectivity index (χ3v) is 8.43. The highest BCUT2D eigenvalue weighted by atomic mass is 32.2. The lowest BCUT2D eigenvalue weighted by Gasteiger charge is -2.32. The standard InChI is InChI=1S/C28H32N2O4S/c1-19-6-10-24(25(14-19)30-12-4-3-5-13-30)28(26-11-7-20(2)34-26)29-27(31)16-21-8-9-22-17-35(32,33)18-23(22)15-21/h6-11,14-15,28H,3-5,12-13,16-18H2,1-2H3,(H,29,31). The first-order valence-electron chi connectivity index (χ1n) is 12.3. The molecule has 7 heteroatoms. The van der Waals surface area contributed by atoms with E-state index in [1.54, 1.807) is 0 Å². The molecule has 1 fully saturated rings. The predicted octanol–water partition coefficient (Wildman–Crippen LogP) is 4.76. The zero-order valence-electron chi connectivity index (χ0n) is 20.3. The summed E-state index contributed by atoms with van der Waals surface area (Å²) in [5.74, 6) is 1.51. The smallest absolute Gasteiger partial charge is 0.225 e. The third kappa shape index (κ3) is 5.30. The van der Waals surface area contributed by atoms with E-state index < -0.39 is 15.9 Å². The second-order valence-electron chi connectivity index (χ2n) is 9.87. The molecule has 2 aliphatic rings. The summed E-state index contributed by atoms with van der Waals surface area (Å²) in [6.07, 6.45) is 3.75. The largest absolute Gasteiger partial charge is 0.464 e. The molecule has 0 aliphatic carbocycles. The van der Waals surface area contributed by atoms with E-state index in [1.165, 1.54) is 12.0 Å². The van der Waals surface area contributed by atoms with E-state index in [2.05, 4.69) is 35.3 Å². The first-order chi connectivity index (χ1) is 16.8. The first-order valence-corrected chi connectivity index (χ1v) is 14.1. The van der Waals surface area contributed by atoms with E-state index in [0.717, 1.165) is 59.6 Å². The SMILES string of the molecule is Cc1ccc(C(NC(=O)Cc2ccc3c(c2)CS(=O)(=O)C3)c2ccc(C)o2)c(N2CCCCC2)c1. The molecular weight excluding hydrogens is 460 g/mol. The van der Waals surface area contributed by atoms with Gasteiger partial charge in [0.15, 0.2) is 9.84 Å². The Morgan fingerprint density at radius 2 is 1.74 bits per heavy atom. The molecule has 184 valence electrons. The molecule has 3 aromatic rings. The molecule has 0 radical (unpaired) electrons. The van der Waals surface area contributed by atoms with Crippen molar-refractivity contribution < 1.29 is 17.6 Å². The van der Waals surface area contributed by atoms with E-state index in [4.69, 9.17) is 4.42 Å². The van der Waals surface area contributed by atoms with Crippen molar-refractivity contribution in [3.05, 3.63) is 87.9 Å². The number of piperidine rings is 1. The lowest BCUT2D eigenvalue weighted by atomic mass is 9.97. The Kier molecular flexibility index (Phi) is 6.45. The molecule has 35 heavy (non-hydrogen) atoms. The maximum Gasteiger partial charge on any atom is 0.225 e. The summed E-state index contributed by atoms with van der Waals surface area (Å²) in [6.45, 7) is 6.01. The third-order valence-electron chi connectivity index (χ3n) is 6.93. The van der Waals surface area contributed by atoms with Crippen LogP contribution in [0.2, 0.25) is 0 Å². The first kappa shape index (κ1) is 23.7. The van der Waals surface area contributed by atoms with Crippen LogP contribution in [-0.2, 0) is 32.6 Å². The minimum atomic E-state index is -3.08. The molecule has 3 heterocycles. The summed E-state index contributed by atoms with van der Waals surface area (Å²) in [4.78, 5) is 15.7. The lowest BCUT2D eigenvalue weighted by molar-refractivity contribution is -0.121. The minimum absolute atomic E-state index is 0.0502. The van der Waals surface area contributed by atoms with E-state index in [0.29, 0.717) is 5.76 Å². The van der Waals surface area contributed by atoms with Gasteiger partial charge in [-0.3, -0.25) is 4.79 Å². The molecule has 1 amide bonds. The average molecular weight is 493 g/mol. The lowest BCUT2D eigenvalue weighted by Crippen LogP contribution is -2.34. The molecule has 1 aromatic heterocycles. The number of carbonyl (C=O) groups excluding carboxylic acids is 1. The van der Waals surface area contributed by atoms with Gasteiger partial charge in [-0.1, -0.05) is 30.3 Å². The number of anilines is 1. The van der Waals surface area contributed by atoms with Gasteiger partial charge in [0, 0.05) is 24.3 Å². The zero-order valence-corrected chi connectivity index (χ0v) is 21.2. The number of aryl methyl sites for hydroxylation is 2. The summed E-state index contributed by atoms with van der Waals surface area (Å²) in [6, 6.07) is 15.4. The van der Waals surface area contributed by atoms with Crippen molar-refractivity contribution in [3.63, 3.8) is 0 Å². The van der Waals surface area contributed by atoms with Crippen molar-refractivity contribution in [3.8, 4) is 0 Å². The monoisotopic (exact) mass is 492 g/mol. The summed E-state index contributed by atoms with van der Waals surface area (Å²) in [7, 11) is -3.08. The Balaban J connectivity index is 1.43. The highest BCUT2D eigenvalue weighted by Crippen LogP contribution is 2.34. The van der Waals surface area contributed by atoms with E-state index in [1.807, 2.05) is 37.3 Å². The number of benzene rings is 2. The van der Waals surface area contributed by atoms with E-state index in [9.17, 15) is 13.2 Å².